The number of hydrogen-bond donors (Lipinski definition) is 1. The first kappa shape index (κ1) is 19.2. The summed E-state index contributed by atoms with van der Waals surface area (Å²) < 4.78 is 27.5. The lowest BCUT2D eigenvalue weighted by atomic mass is 10.3. The molecular formula is C16H10Cl3F2N3OS. The summed E-state index contributed by atoms with van der Waals surface area (Å²) >= 11 is 18.7. The first-order chi connectivity index (χ1) is 12.4. The van der Waals surface area contributed by atoms with Gasteiger partial charge in [0.25, 0.3) is 0 Å². The number of benzene rings is 2. The lowest BCUT2D eigenvalue weighted by Gasteiger charge is -2.10. The summed E-state index contributed by atoms with van der Waals surface area (Å²) in [4.78, 5) is 16.3. The predicted octanol–water partition coefficient (Wildman–Crippen LogP) is 6.12. The summed E-state index contributed by atoms with van der Waals surface area (Å²) in [6.45, 7) is -2.77. The van der Waals surface area contributed by atoms with E-state index in [1.54, 1.807) is 24.3 Å². The molecule has 0 fully saturated rings. The zero-order valence-electron chi connectivity index (χ0n) is 12.8. The Morgan fingerprint density at radius 1 is 1.19 bits per heavy atom. The molecule has 1 N–H and O–H groups in total. The fraction of sp³-hybridized carbons (Fsp3) is 0.125. The number of alkyl halides is 2. The van der Waals surface area contributed by atoms with Crippen LogP contribution in [-0.4, -0.2) is 21.2 Å². The molecule has 0 spiro atoms. The summed E-state index contributed by atoms with van der Waals surface area (Å²) in [5, 5.41) is 3.29. The molecule has 136 valence electrons. The van der Waals surface area contributed by atoms with E-state index >= 15 is 0 Å². The van der Waals surface area contributed by atoms with Crippen molar-refractivity contribution in [2.75, 3.05) is 11.1 Å². The largest absolute Gasteiger partial charge is 0.323 e. The molecule has 0 aliphatic heterocycles. The van der Waals surface area contributed by atoms with Crippen molar-refractivity contribution in [3.63, 3.8) is 0 Å². The van der Waals surface area contributed by atoms with Crippen molar-refractivity contribution < 1.29 is 13.6 Å². The molecule has 0 saturated carbocycles. The molecule has 0 saturated heterocycles. The summed E-state index contributed by atoms with van der Waals surface area (Å²) in [5.41, 5.74) is 0.944. The van der Waals surface area contributed by atoms with Gasteiger partial charge in [-0.2, -0.15) is 8.78 Å². The molecule has 0 atom stereocenters. The molecule has 1 heterocycles. The van der Waals surface area contributed by atoms with Crippen molar-refractivity contribution in [1.29, 1.82) is 0 Å². The molecule has 3 aromatic rings. The second-order valence-corrected chi connectivity index (χ2v) is 7.31. The molecule has 0 unspecified atom stereocenters. The quantitative estimate of drug-likeness (QED) is 0.490. The number of halogens is 5. The number of hydrogen-bond acceptors (Lipinski definition) is 3. The van der Waals surface area contributed by atoms with Crippen molar-refractivity contribution in [3.8, 4) is 0 Å². The minimum absolute atomic E-state index is 0.0460. The maximum absolute atomic E-state index is 13.4. The third kappa shape index (κ3) is 4.06. The third-order valence-electron chi connectivity index (χ3n) is 3.36. The standard InChI is InChI=1S/C16H10Cl3F2N3OS/c17-8-5-9(18)14(10(19)6-8)23-13(25)7-26-16-22-11-3-1-2-4-12(11)24(16)15(20)21/h1-6,15H,7H2,(H,23,25). The van der Waals surface area contributed by atoms with E-state index in [-0.39, 0.29) is 26.6 Å². The van der Waals surface area contributed by atoms with Crippen molar-refractivity contribution in [2.45, 2.75) is 11.7 Å². The second kappa shape index (κ2) is 8.00. The average Bonchev–Trinajstić information content (AvgIpc) is 2.94. The van der Waals surface area contributed by atoms with Crippen molar-refractivity contribution in [1.82, 2.24) is 9.55 Å². The number of aromatic nitrogens is 2. The van der Waals surface area contributed by atoms with Gasteiger partial charge < -0.3 is 5.32 Å². The van der Waals surface area contributed by atoms with Gasteiger partial charge in [-0.1, -0.05) is 58.7 Å². The van der Waals surface area contributed by atoms with E-state index < -0.39 is 12.5 Å². The molecule has 2 aromatic carbocycles. The highest BCUT2D eigenvalue weighted by Crippen LogP contribution is 2.34. The SMILES string of the molecule is O=C(CSc1nc2ccccc2n1C(F)F)Nc1c(Cl)cc(Cl)cc1Cl. The summed E-state index contributed by atoms with van der Waals surface area (Å²) in [5.74, 6) is -0.611. The summed E-state index contributed by atoms with van der Waals surface area (Å²) in [7, 11) is 0. The van der Waals surface area contributed by atoms with E-state index in [0.717, 1.165) is 16.3 Å². The molecule has 4 nitrogen and oxygen atoms in total. The van der Waals surface area contributed by atoms with E-state index in [1.807, 2.05) is 0 Å². The molecule has 0 aliphatic carbocycles. The number of thioether (sulfide) groups is 1. The average molecular weight is 437 g/mol. The topological polar surface area (TPSA) is 46.9 Å². The van der Waals surface area contributed by atoms with Gasteiger partial charge in [-0.15, -0.1) is 0 Å². The highest BCUT2D eigenvalue weighted by atomic mass is 35.5. The predicted molar refractivity (Wildman–Crippen MR) is 102 cm³/mol. The fourth-order valence-corrected chi connectivity index (χ4v) is 4.00. The Labute approximate surface area is 166 Å². The zero-order chi connectivity index (χ0) is 18.8. The number of carbonyl (C=O) groups is 1. The Balaban J connectivity index is 1.76. The number of fused-ring (bicyclic) bond motifs is 1. The van der Waals surface area contributed by atoms with E-state index in [0.29, 0.717) is 16.1 Å². The monoisotopic (exact) mass is 435 g/mol. The van der Waals surface area contributed by atoms with Gasteiger partial charge >= 0.3 is 6.55 Å². The van der Waals surface area contributed by atoms with Crippen LogP contribution in [0.2, 0.25) is 15.1 Å². The molecular weight excluding hydrogens is 427 g/mol. The number of para-hydroxylation sites is 2. The van der Waals surface area contributed by atoms with Gasteiger partial charge in [0.2, 0.25) is 5.91 Å². The highest BCUT2D eigenvalue weighted by Gasteiger charge is 2.19. The lowest BCUT2D eigenvalue weighted by Crippen LogP contribution is -2.15. The van der Waals surface area contributed by atoms with Gasteiger partial charge in [-0.05, 0) is 24.3 Å². The van der Waals surface area contributed by atoms with Gasteiger partial charge in [0.05, 0.1) is 32.5 Å². The number of nitrogens with one attached hydrogen (secondary N) is 1. The van der Waals surface area contributed by atoms with E-state index in [2.05, 4.69) is 10.3 Å². The molecule has 10 heteroatoms. The van der Waals surface area contributed by atoms with E-state index in [9.17, 15) is 13.6 Å². The van der Waals surface area contributed by atoms with Gasteiger partial charge in [0.15, 0.2) is 5.16 Å². The fourth-order valence-electron chi connectivity index (χ4n) is 2.28. The van der Waals surface area contributed by atoms with Crippen LogP contribution in [0.3, 0.4) is 0 Å². The van der Waals surface area contributed by atoms with Crippen LogP contribution >= 0.6 is 46.6 Å². The maximum atomic E-state index is 13.4. The normalized spacial score (nSPS) is 11.3. The third-order valence-corrected chi connectivity index (χ3v) is 5.13. The number of amides is 1. The Bertz CT molecular complexity index is 958. The molecule has 0 radical (unpaired) electrons. The first-order valence-corrected chi connectivity index (χ1v) is 9.31. The first-order valence-electron chi connectivity index (χ1n) is 7.19. The molecule has 26 heavy (non-hydrogen) atoms. The molecule has 1 amide bonds. The van der Waals surface area contributed by atoms with Crippen LogP contribution in [0.5, 0.6) is 0 Å². The molecule has 0 aliphatic rings. The Morgan fingerprint density at radius 3 is 2.50 bits per heavy atom. The van der Waals surface area contributed by atoms with Crippen LogP contribution in [-0.2, 0) is 4.79 Å². The summed E-state index contributed by atoms with van der Waals surface area (Å²) in [6.07, 6.45) is 0. The zero-order valence-corrected chi connectivity index (χ0v) is 15.9. The van der Waals surface area contributed by atoms with Crippen LogP contribution < -0.4 is 5.32 Å². The molecule has 1 aromatic heterocycles. The lowest BCUT2D eigenvalue weighted by molar-refractivity contribution is -0.113. The van der Waals surface area contributed by atoms with Crippen LogP contribution in [0, 0.1) is 0 Å². The molecule has 0 bridgehead atoms. The van der Waals surface area contributed by atoms with Crippen LogP contribution in [0.15, 0.2) is 41.6 Å². The number of carbonyl (C=O) groups excluding carboxylic acids is 1. The minimum Gasteiger partial charge on any atom is -0.323 e. The summed E-state index contributed by atoms with van der Waals surface area (Å²) in [6, 6.07) is 9.41. The second-order valence-electron chi connectivity index (χ2n) is 5.11. The minimum atomic E-state index is -2.77. The Morgan fingerprint density at radius 2 is 1.85 bits per heavy atom. The van der Waals surface area contributed by atoms with Crippen LogP contribution in [0.1, 0.15) is 6.55 Å². The Kier molecular flexibility index (Phi) is 5.92. The van der Waals surface area contributed by atoms with Gasteiger partial charge in [0, 0.05) is 5.02 Å². The van der Waals surface area contributed by atoms with E-state index in [4.69, 9.17) is 34.8 Å². The highest BCUT2D eigenvalue weighted by molar-refractivity contribution is 7.99. The number of rotatable bonds is 5. The number of anilines is 1. The van der Waals surface area contributed by atoms with Crippen molar-refractivity contribution in [3.05, 3.63) is 51.5 Å². The Hall–Kier alpha value is -1.54. The van der Waals surface area contributed by atoms with Crippen molar-refractivity contribution in [2.24, 2.45) is 0 Å². The maximum Gasteiger partial charge on any atom is 0.321 e. The number of nitrogens with zero attached hydrogens (tertiary/aromatic N) is 2. The smallest absolute Gasteiger partial charge is 0.321 e. The van der Waals surface area contributed by atoms with Crippen LogP contribution in [0.4, 0.5) is 14.5 Å². The molecule has 3 rings (SSSR count). The van der Waals surface area contributed by atoms with Crippen molar-refractivity contribution >= 4 is 69.2 Å². The van der Waals surface area contributed by atoms with E-state index in [1.165, 1.54) is 12.1 Å². The van der Waals surface area contributed by atoms with Gasteiger partial charge in [0.1, 0.15) is 0 Å². The number of imidazole rings is 1. The van der Waals surface area contributed by atoms with Gasteiger partial charge in [-0.3, -0.25) is 9.36 Å². The van der Waals surface area contributed by atoms with Gasteiger partial charge in [-0.25, -0.2) is 4.98 Å². The van der Waals surface area contributed by atoms with Crippen LogP contribution in [0.25, 0.3) is 11.0 Å².